The molecule has 0 atom stereocenters. The van der Waals surface area contributed by atoms with Crippen molar-refractivity contribution in [2.75, 3.05) is 12.3 Å². The summed E-state index contributed by atoms with van der Waals surface area (Å²) in [5.41, 5.74) is 2.11. The Morgan fingerprint density at radius 1 is 0.405 bits per heavy atom. The van der Waals surface area contributed by atoms with E-state index in [4.69, 9.17) is 0 Å². The van der Waals surface area contributed by atoms with Crippen molar-refractivity contribution in [2.45, 2.75) is 226 Å². The van der Waals surface area contributed by atoms with Gasteiger partial charge in [0, 0.05) is 0 Å². The lowest BCUT2D eigenvalue weighted by Crippen LogP contribution is -2.21. The van der Waals surface area contributed by atoms with Gasteiger partial charge in [-0.15, -0.1) is 0 Å². The fraction of sp³-hybridized carbons (Fsp3) is 0.951. The molecule has 0 aromatic heterocycles. The smallest absolute Gasteiger partial charge is 0.0194 e. The Bertz CT molecular complexity index is 564. The highest BCUT2D eigenvalue weighted by Crippen LogP contribution is 2.55. The zero-order chi connectivity index (χ0) is 29.9. The number of rotatable bonds is 27. The second-order valence-electron chi connectivity index (χ2n) is 14.7. The lowest BCUT2D eigenvalue weighted by atomic mass is 9.73. The Hall–Kier alpha value is 0.170. The van der Waals surface area contributed by atoms with Gasteiger partial charge in [-0.05, 0) is 74.4 Å². The van der Waals surface area contributed by atoms with Crippen LogP contribution in [0.1, 0.15) is 226 Å². The number of hydrogen-bond donors (Lipinski definition) is 0. The predicted octanol–water partition coefficient (Wildman–Crippen LogP) is 15.5. The van der Waals surface area contributed by atoms with Crippen molar-refractivity contribution in [3.8, 4) is 0 Å². The molecule has 0 unspecified atom stereocenters. The molecule has 0 N–H and O–H groups in total. The second kappa shape index (κ2) is 27.5. The van der Waals surface area contributed by atoms with Gasteiger partial charge in [0.05, 0.1) is 0 Å². The van der Waals surface area contributed by atoms with Crippen molar-refractivity contribution < 1.29 is 0 Å². The van der Waals surface area contributed by atoms with Crippen LogP contribution in [0.5, 0.6) is 0 Å². The molecule has 0 radical (unpaired) electrons. The summed E-state index contributed by atoms with van der Waals surface area (Å²) in [6, 6.07) is 0. The minimum Gasteiger partial charge on any atom is -0.0798 e. The molecule has 0 saturated heterocycles. The predicted molar refractivity (Wildman–Crippen MR) is 195 cm³/mol. The topological polar surface area (TPSA) is 0 Å². The van der Waals surface area contributed by atoms with Gasteiger partial charge in [0.2, 0.25) is 0 Å². The molecule has 0 heterocycles. The molecule has 42 heavy (non-hydrogen) atoms. The van der Waals surface area contributed by atoms with Crippen LogP contribution >= 0.6 is 7.92 Å². The van der Waals surface area contributed by atoms with Gasteiger partial charge >= 0.3 is 0 Å². The zero-order valence-corrected chi connectivity index (χ0v) is 30.5. The highest BCUT2D eigenvalue weighted by atomic mass is 31.1. The monoisotopic (exact) mass is 603 g/mol. The van der Waals surface area contributed by atoms with Crippen LogP contribution in [0.3, 0.4) is 0 Å². The molecular formula is C41H79P. The molecule has 2 saturated carbocycles. The van der Waals surface area contributed by atoms with E-state index in [2.05, 4.69) is 31.7 Å². The van der Waals surface area contributed by atoms with Gasteiger partial charge in [-0.2, -0.15) is 0 Å². The van der Waals surface area contributed by atoms with E-state index in [1.165, 1.54) is 205 Å². The van der Waals surface area contributed by atoms with Crippen LogP contribution in [-0.4, -0.2) is 12.3 Å². The highest BCUT2D eigenvalue weighted by Gasteiger charge is 2.30. The van der Waals surface area contributed by atoms with Crippen LogP contribution in [0, 0.1) is 11.8 Å². The van der Waals surface area contributed by atoms with Crippen molar-refractivity contribution in [3.63, 3.8) is 0 Å². The Balaban J connectivity index is 1.97. The highest BCUT2D eigenvalue weighted by molar-refractivity contribution is 7.62. The van der Waals surface area contributed by atoms with E-state index in [-0.39, 0.29) is 7.92 Å². The van der Waals surface area contributed by atoms with E-state index < -0.39 is 0 Å². The summed E-state index contributed by atoms with van der Waals surface area (Å²) in [6.07, 6.45) is 50.7. The van der Waals surface area contributed by atoms with E-state index in [1.54, 1.807) is 12.3 Å². The molecule has 2 aliphatic carbocycles. The van der Waals surface area contributed by atoms with Gasteiger partial charge in [0.15, 0.2) is 0 Å². The van der Waals surface area contributed by atoms with E-state index in [9.17, 15) is 0 Å². The van der Waals surface area contributed by atoms with Crippen molar-refractivity contribution in [1.82, 2.24) is 0 Å². The first-order chi connectivity index (χ1) is 20.8. The molecule has 1 heteroatoms. The summed E-state index contributed by atoms with van der Waals surface area (Å²) >= 11 is 0. The fourth-order valence-electron chi connectivity index (χ4n) is 8.32. The number of allylic oxidation sites excluding steroid dienone is 2. The normalized spacial score (nSPS) is 16.9. The fourth-order valence-corrected chi connectivity index (χ4v) is 11.6. The van der Waals surface area contributed by atoms with Crippen LogP contribution in [0.2, 0.25) is 0 Å². The van der Waals surface area contributed by atoms with Crippen LogP contribution in [0.15, 0.2) is 10.9 Å². The molecule has 0 nitrogen and oxygen atoms in total. The Morgan fingerprint density at radius 2 is 0.738 bits per heavy atom. The van der Waals surface area contributed by atoms with Gasteiger partial charge < -0.3 is 0 Å². The molecular weight excluding hydrogens is 523 g/mol. The molecule has 0 aliphatic heterocycles. The molecule has 2 fully saturated rings. The van der Waals surface area contributed by atoms with E-state index in [0.29, 0.717) is 0 Å². The van der Waals surface area contributed by atoms with Crippen LogP contribution in [-0.2, 0) is 0 Å². The first kappa shape index (κ1) is 38.4. The van der Waals surface area contributed by atoms with Gasteiger partial charge in [0.25, 0.3) is 0 Å². The third kappa shape index (κ3) is 17.6. The minimum atomic E-state index is 0.0916. The van der Waals surface area contributed by atoms with E-state index in [0.717, 1.165) is 11.8 Å². The van der Waals surface area contributed by atoms with Crippen LogP contribution in [0.4, 0.5) is 0 Å². The second-order valence-corrected chi connectivity index (χ2v) is 17.2. The molecule has 0 aromatic rings. The van der Waals surface area contributed by atoms with Gasteiger partial charge in [0.1, 0.15) is 0 Å². The Morgan fingerprint density at radius 3 is 1.07 bits per heavy atom. The third-order valence-corrected chi connectivity index (χ3v) is 13.8. The molecule has 248 valence electrons. The van der Waals surface area contributed by atoms with E-state index >= 15 is 0 Å². The molecule has 0 spiro atoms. The summed E-state index contributed by atoms with van der Waals surface area (Å²) in [5.74, 6) is 1.93. The summed E-state index contributed by atoms with van der Waals surface area (Å²) in [6.45, 7) is 7.16. The Labute approximate surface area is 268 Å². The van der Waals surface area contributed by atoms with Crippen molar-refractivity contribution in [3.05, 3.63) is 10.9 Å². The van der Waals surface area contributed by atoms with E-state index in [1.807, 2.05) is 0 Å². The maximum Gasteiger partial charge on any atom is -0.0194 e. The largest absolute Gasteiger partial charge is 0.0798 e. The summed E-state index contributed by atoms with van der Waals surface area (Å²) in [4.78, 5) is 0. The first-order valence-corrected chi connectivity index (χ1v) is 22.0. The average Bonchev–Trinajstić information content (AvgIpc) is 3.02. The average molecular weight is 603 g/mol. The van der Waals surface area contributed by atoms with Crippen LogP contribution in [0.25, 0.3) is 0 Å². The summed E-state index contributed by atoms with van der Waals surface area (Å²) in [7, 11) is 0.0916. The van der Waals surface area contributed by atoms with Crippen molar-refractivity contribution in [1.29, 1.82) is 0 Å². The molecule has 0 amide bonds. The van der Waals surface area contributed by atoms with Gasteiger partial charge in [-0.25, -0.2) is 0 Å². The minimum absolute atomic E-state index is 0.0916. The van der Waals surface area contributed by atoms with Crippen molar-refractivity contribution >= 4 is 7.92 Å². The SMILES string of the molecule is CCCCCCCCCCCCP(CCCCCCCCCCCC)C(CCC)=C(C1CCCCC1)C1CCCCC1. The van der Waals surface area contributed by atoms with Gasteiger partial charge in [-0.3, -0.25) is 0 Å². The number of unbranched alkanes of at least 4 members (excludes halogenated alkanes) is 18. The summed E-state index contributed by atoms with van der Waals surface area (Å²) in [5, 5.41) is 2.11. The van der Waals surface area contributed by atoms with Gasteiger partial charge in [-0.1, -0.05) is 195 Å². The Kier molecular flexibility index (Phi) is 25.1. The maximum absolute atomic E-state index is 2.49. The molecule has 2 rings (SSSR count). The third-order valence-electron chi connectivity index (χ3n) is 10.9. The lowest BCUT2D eigenvalue weighted by molar-refractivity contribution is 0.324. The zero-order valence-electron chi connectivity index (χ0n) is 29.6. The lowest BCUT2D eigenvalue weighted by Gasteiger charge is -2.37. The summed E-state index contributed by atoms with van der Waals surface area (Å²) < 4.78 is 0. The van der Waals surface area contributed by atoms with Crippen molar-refractivity contribution in [2.24, 2.45) is 11.8 Å². The molecule has 0 bridgehead atoms. The maximum atomic E-state index is 2.49. The quantitative estimate of drug-likeness (QED) is 0.0648. The van der Waals surface area contributed by atoms with Crippen LogP contribution < -0.4 is 0 Å². The number of hydrogen-bond acceptors (Lipinski definition) is 0. The first-order valence-electron chi connectivity index (χ1n) is 20.3. The molecule has 2 aliphatic rings. The standard InChI is InChI=1S/C41H79P/c1-4-7-9-11-13-15-17-19-21-29-36-42(37-30-22-20-18-16-14-12-10-8-5-2)40(31-6-3)41(38-32-25-23-26-33-38)39-34-27-24-28-35-39/h38-39H,4-37H2,1-3H3. The molecule has 0 aromatic carbocycles.